The minimum Gasteiger partial charge on any atom is -0.496 e. The molecular formula is C22H22N4O5. The third kappa shape index (κ3) is 3.36. The van der Waals surface area contributed by atoms with Gasteiger partial charge in [-0.2, -0.15) is 0 Å². The molecule has 0 bridgehead atoms. The van der Waals surface area contributed by atoms with Gasteiger partial charge in [-0.05, 0) is 24.3 Å². The van der Waals surface area contributed by atoms with Gasteiger partial charge in [0.1, 0.15) is 11.6 Å². The first-order valence-electron chi connectivity index (χ1n) is 9.68. The van der Waals surface area contributed by atoms with Crippen LogP contribution in [0.4, 0.5) is 0 Å². The number of methoxy groups -OCH3 is 2. The Balaban J connectivity index is 1.99. The van der Waals surface area contributed by atoms with Gasteiger partial charge in [0.05, 0.1) is 33.9 Å². The third-order valence-corrected chi connectivity index (χ3v) is 5.22. The van der Waals surface area contributed by atoms with Crippen molar-refractivity contribution >= 4 is 11.2 Å². The van der Waals surface area contributed by atoms with E-state index in [4.69, 9.17) is 20.6 Å². The molecule has 3 heterocycles. The van der Waals surface area contributed by atoms with Crippen LogP contribution in [0.1, 0.15) is 6.42 Å². The highest BCUT2D eigenvalue weighted by atomic mass is 16.5. The molecule has 0 atom stereocenters. The van der Waals surface area contributed by atoms with Gasteiger partial charge in [0.25, 0.3) is 5.56 Å². The molecule has 1 aliphatic rings. The van der Waals surface area contributed by atoms with Crippen molar-refractivity contribution in [3.05, 3.63) is 50.9 Å². The number of fused-ring (bicyclic) bond motifs is 1. The fourth-order valence-electron chi connectivity index (χ4n) is 3.70. The SMILES string of the molecule is C#CCn1c(=O)c2c(nc(-c3ccc(OC)c(OC)c3)n2C)n(CC2=CCCO2)c1=O. The number of terminal acetylenes is 1. The monoisotopic (exact) mass is 422 g/mol. The summed E-state index contributed by atoms with van der Waals surface area (Å²) in [6, 6.07) is 5.34. The van der Waals surface area contributed by atoms with E-state index in [9.17, 15) is 9.59 Å². The fourth-order valence-corrected chi connectivity index (χ4v) is 3.70. The molecule has 0 radical (unpaired) electrons. The topological polar surface area (TPSA) is 89.5 Å². The number of benzene rings is 1. The Morgan fingerprint density at radius 1 is 1.19 bits per heavy atom. The van der Waals surface area contributed by atoms with Crippen molar-refractivity contribution in [3.63, 3.8) is 0 Å². The van der Waals surface area contributed by atoms with E-state index in [0.717, 1.165) is 11.0 Å². The van der Waals surface area contributed by atoms with Gasteiger partial charge in [-0.25, -0.2) is 14.3 Å². The summed E-state index contributed by atoms with van der Waals surface area (Å²) in [5.41, 5.74) is 0.237. The quantitative estimate of drug-likeness (QED) is 0.560. The first-order valence-corrected chi connectivity index (χ1v) is 9.68. The molecule has 0 N–H and O–H groups in total. The predicted molar refractivity (Wildman–Crippen MR) is 115 cm³/mol. The normalized spacial score (nSPS) is 13.0. The standard InChI is InChI=1S/C22H22N4O5/c1-5-10-25-21(27)18-20(26(22(25)28)13-15-7-6-11-31-15)23-19(24(18)2)14-8-9-16(29-3)17(12-14)30-4/h1,7-9,12H,6,10-11,13H2,2-4H3. The van der Waals surface area contributed by atoms with Crippen LogP contribution in [-0.4, -0.2) is 39.5 Å². The van der Waals surface area contributed by atoms with E-state index in [1.54, 1.807) is 38.0 Å². The van der Waals surface area contributed by atoms with Gasteiger partial charge in [-0.1, -0.05) is 5.92 Å². The molecule has 1 aromatic carbocycles. The summed E-state index contributed by atoms with van der Waals surface area (Å²) >= 11 is 0. The van der Waals surface area contributed by atoms with Crippen LogP contribution in [0.25, 0.3) is 22.6 Å². The van der Waals surface area contributed by atoms with Crippen LogP contribution < -0.4 is 20.7 Å². The maximum absolute atomic E-state index is 13.1. The Kier molecular flexibility index (Phi) is 5.29. The molecule has 0 saturated heterocycles. The Bertz CT molecular complexity index is 1350. The van der Waals surface area contributed by atoms with Crippen LogP contribution in [0.2, 0.25) is 0 Å². The molecular weight excluding hydrogens is 400 g/mol. The zero-order chi connectivity index (χ0) is 22.1. The van der Waals surface area contributed by atoms with Gasteiger partial charge in [-0.15, -0.1) is 6.42 Å². The van der Waals surface area contributed by atoms with Gasteiger partial charge < -0.3 is 18.8 Å². The number of imidazole rings is 1. The molecule has 3 aromatic rings. The van der Waals surface area contributed by atoms with Crippen LogP contribution in [0.15, 0.2) is 39.6 Å². The first-order chi connectivity index (χ1) is 15.0. The van der Waals surface area contributed by atoms with Crippen molar-refractivity contribution in [3.8, 4) is 35.2 Å². The Labute approximate surface area is 178 Å². The summed E-state index contributed by atoms with van der Waals surface area (Å²) in [5.74, 6) is 4.64. The van der Waals surface area contributed by atoms with E-state index < -0.39 is 11.2 Å². The number of rotatable bonds is 6. The van der Waals surface area contributed by atoms with Gasteiger partial charge in [-0.3, -0.25) is 9.36 Å². The summed E-state index contributed by atoms with van der Waals surface area (Å²) in [7, 11) is 4.82. The van der Waals surface area contributed by atoms with E-state index in [1.165, 1.54) is 4.57 Å². The van der Waals surface area contributed by atoms with Crippen LogP contribution >= 0.6 is 0 Å². The van der Waals surface area contributed by atoms with Gasteiger partial charge in [0.15, 0.2) is 22.7 Å². The number of aryl methyl sites for hydroxylation is 1. The van der Waals surface area contributed by atoms with Crippen LogP contribution in [0.3, 0.4) is 0 Å². The second kappa shape index (κ2) is 8.07. The summed E-state index contributed by atoms with van der Waals surface area (Å²) in [6.45, 7) is 0.600. The number of allylic oxidation sites excluding steroid dienone is 1. The number of aromatic nitrogens is 4. The highest BCUT2D eigenvalue weighted by Crippen LogP contribution is 2.32. The van der Waals surface area contributed by atoms with Crippen LogP contribution in [0, 0.1) is 12.3 Å². The minimum atomic E-state index is -0.524. The van der Waals surface area contributed by atoms with Gasteiger partial charge in [0.2, 0.25) is 0 Å². The molecule has 9 nitrogen and oxygen atoms in total. The molecule has 31 heavy (non-hydrogen) atoms. The Morgan fingerprint density at radius 2 is 1.97 bits per heavy atom. The highest BCUT2D eigenvalue weighted by molar-refractivity contribution is 5.77. The van der Waals surface area contributed by atoms with E-state index >= 15 is 0 Å². The lowest BCUT2D eigenvalue weighted by atomic mass is 10.2. The van der Waals surface area contributed by atoms with E-state index in [2.05, 4.69) is 10.9 Å². The van der Waals surface area contributed by atoms with Crippen molar-refractivity contribution < 1.29 is 14.2 Å². The van der Waals surface area contributed by atoms with E-state index in [1.807, 2.05) is 12.1 Å². The van der Waals surface area contributed by atoms with Crippen molar-refractivity contribution in [2.75, 3.05) is 20.8 Å². The average molecular weight is 422 g/mol. The summed E-state index contributed by atoms with van der Waals surface area (Å²) in [5, 5.41) is 0. The molecule has 0 amide bonds. The summed E-state index contributed by atoms with van der Waals surface area (Å²) in [4.78, 5) is 30.9. The largest absolute Gasteiger partial charge is 0.496 e. The Hall–Kier alpha value is -3.93. The zero-order valence-corrected chi connectivity index (χ0v) is 17.5. The molecule has 9 heteroatoms. The maximum atomic E-state index is 13.1. The van der Waals surface area contributed by atoms with Crippen LogP contribution in [0.5, 0.6) is 11.5 Å². The lowest BCUT2D eigenvalue weighted by molar-refractivity contribution is 0.228. The number of nitrogens with zero attached hydrogens (tertiary/aromatic N) is 4. The molecule has 4 rings (SSSR count). The number of hydrogen-bond acceptors (Lipinski definition) is 6. The lowest BCUT2D eigenvalue weighted by Gasteiger charge is -2.11. The average Bonchev–Trinajstić information content (AvgIpc) is 3.41. The minimum absolute atomic E-state index is 0.135. The molecule has 0 unspecified atom stereocenters. The molecule has 0 fully saturated rings. The third-order valence-electron chi connectivity index (χ3n) is 5.22. The van der Waals surface area contributed by atoms with Crippen molar-refractivity contribution in [1.82, 2.24) is 18.7 Å². The fraction of sp³-hybridized carbons (Fsp3) is 0.318. The molecule has 1 aliphatic heterocycles. The highest BCUT2D eigenvalue weighted by Gasteiger charge is 2.22. The van der Waals surface area contributed by atoms with Gasteiger partial charge >= 0.3 is 5.69 Å². The smallest absolute Gasteiger partial charge is 0.334 e. The number of ether oxygens (including phenoxy) is 3. The van der Waals surface area contributed by atoms with Crippen molar-refractivity contribution in [2.24, 2.45) is 7.05 Å². The zero-order valence-electron chi connectivity index (χ0n) is 17.5. The molecule has 0 aliphatic carbocycles. The molecule has 2 aromatic heterocycles. The number of hydrogen-bond donors (Lipinski definition) is 0. The maximum Gasteiger partial charge on any atom is 0.334 e. The second-order valence-electron chi connectivity index (χ2n) is 7.01. The summed E-state index contributed by atoms with van der Waals surface area (Å²) < 4.78 is 20.4. The van der Waals surface area contributed by atoms with E-state index in [-0.39, 0.29) is 24.3 Å². The first kappa shape index (κ1) is 20.3. The summed E-state index contributed by atoms with van der Waals surface area (Å²) in [6.07, 6.45) is 8.11. The van der Waals surface area contributed by atoms with Gasteiger partial charge in [0, 0.05) is 19.0 Å². The molecule has 0 saturated carbocycles. The van der Waals surface area contributed by atoms with Crippen molar-refractivity contribution in [1.29, 1.82) is 0 Å². The van der Waals surface area contributed by atoms with E-state index in [0.29, 0.717) is 35.3 Å². The molecule has 0 spiro atoms. The Morgan fingerprint density at radius 3 is 2.61 bits per heavy atom. The second-order valence-corrected chi connectivity index (χ2v) is 7.01. The lowest BCUT2D eigenvalue weighted by Crippen LogP contribution is -2.40. The molecule has 160 valence electrons. The van der Waals surface area contributed by atoms with Crippen LogP contribution in [-0.2, 0) is 24.9 Å². The predicted octanol–water partition coefficient (Wildman–Crippen LogP) is 1.52. The van der Waals surface area contributed by atoms with Crippen molar-refractivity contribution in [2.45, 2.75) is 19.5 Å².